The molecule has 1 aliphatic rings. The van der Waals surface area contributed by atoms with Crippen LogP contribution >= 0.6 is 0 Å². The zero-order valence-corrected chi connectivity index (χ0v) is 13.9. The monoisotopic (exact) mass is 290 g/mol. The molecule has 1 aromatic rings. The van der Waals surface area contributed by atoms with Gasteiger partial charge < -0.3 is 15.1 Å². The maximum Gasteiger partial charge on any atom is 0.129 e. The highest BCUT2D eigenvalue weighted by molar-refractivity contribution is 5.43. The summed E-state index contributed by atoms with van der Waals surface area (Å²) in [6.07, 6.45) is 2.18. The van der Waals surface area contributed by atoms with Crippen LogP contribution in [0.1, 0.15) is 38.4 Å². The number of aryl methyl sites for hydroxylation is 1. The van der Waals surface area contributed by atoms with Crippen molar-refractivity contribution in [2.45, 2.75) is 40.2 Å². The first-order valence-corrected chi connectivity index (χ1v) is 8.44. The summed E-state index contributed by atoms with van der Waals surface area (Å²) in [7, 11) is 0. The van der Waals surface area contributed by atoms with Crippen molar-refractivity contribution in [3.63, 3.8) is 0 Å². The van der Waals surface area contributed by atoms with Gasteiger partial charge in [0.05, 0.1) is 0 Å². The van der Waals surface area contributed by atoms with Crippen LogP contribution < -0.4 is 10.2 Å². The van der Waals surface area contributed by atoms with Gasteiger partial charge in [-0.15, -0.1) is 0 Å². The molecule has 4 heteroatoms. The predicted octanol–water partition coefficient (Wildman–Crippen LogP) is 2.29. The minimum atomic E-state index is 0.950. The Bertz CT molecular complexity index is 425. The number of aromatic nitrogens is 1. The molecule has 0 unspecified atom stereocenters. The number of likely N-dealkylation sites (N-methyl/N-ethyl adjacent to an activating group) is 1. The molecule has 0 amide bonds. The van der Waals surface area contributed by atoms with Gasteiger partial charge in [-0.25, -0.2) is 4.98 Å². The van der Waals surface area contributed by atoms with Gasteiger partial charge >= 0.3 is 0 Å². The summed E-state index contributed by atoms with van der Waals surface area (Å²) in [5.74, 6) is 1.17. The molecular weight excluding hydrogens is 260 g/mol. The lowest BCUT2D eigenvalue weighted by Crippen LogP contribution is -2.46. The van der Waals surface area contributed by atoms with E-state index in [-0.39, 0.29) is 0 Å². The number of nitrogens with one attached hydrogen (secondary N) is 1. The number of nitrogens with zero attached hydrogens (tertiary/aromatic N) is 3. The van der Waals surface area contributed by atoms with Crippen LogP contribution in [0.3, 0.4) is 0 Å². The second-order valence-electron chi connectivity index (χ2n) is 5.78. The second kappa shape index (κ2) is 8.35. The molecule has 0 saturated carbocycles. The van der Waals surface area contributed by atoms with Crippen molar-refractivity contribution in [2.75, 3.05) is 44.2 Å². The van der Waals surface area contributed by atoms with Gasteiger partial charge in [-0.3, -0.25) is 0 Å². The van der Waals surface area contributed by atoms with Crippen molar-refractivity contribution in [2.24, 2.45) is 0 Å². The molecular formula is C17H30N4. The van der Waals surface area contributed by atoms with Crippen molar-refractivity contribution < 1.29 is 0 Å². The Hall–Kier alpha value is -1.13. The Balaban J connectivity index is 2.05. The fourth-order valence-electron chi connectivity index (χ4n) is 2.78. The Kier molecular flexibility index (Phi) is 6.46. The molecule has 1 N–H and O–H groups in total. The molecule has 1 aromatic heterocycles. The summed E-state index contributed by atoms with van der Waals surface area (Å²) in [6.45, 7) is 14.3. The molecule has 1 aliphatic heterocycles. The summed E-state index contributed by atoms with van der Waals surface area (Å²) in [6, 6.07) is 4.51. The third-order valence-corrected chi connectivity index (χ3v) is 4.19. The van der Waals surface area contributed by atoms with E-state index in [4.69, 9.17) is 4.98 Å². The van der Waals surface area contributed by atoms with Crippen LogP contribution in [-0.2, 0) is 13.0 Å². The van der Waals surface area contributed by atoms with Crippen LogP contribution in [0.15, 0.2) is 12.1 Å². The molecule has 1 fully saturated rings. The molecule has 2 heterocycles. The number of piperazine rings is 1. The first-order chi connectivity index (χ1) is 10.3. The van der Waals surface area contributed by atoms with E-state index in [1.54, 1.807) is 0 Å². The summed E-state index contributed by atoms with van der Waals surface area (Å²) in [4.78, 5) is 9.78. The van der Waals surface area contributed by atoms with Gasteiger partial charge in [0.2, 0.25) is 0 Å². The molecule has 0 spiro atoms. The average Bonchev–Trinajstić information content (AvgIpc) is 2.55. The highest BCUT2D eigenvalue weighted by Crippen LogP contribution is 2.17. The Morgan fingerprint density at radius 2 is 1.86 bits per heavy atom. The van der Waals surface area contributed by atoms with E-state index in [0.717, 1.165) is 52.2 Å². The highest BCUT2D eigenvalue weighted by Gasteiger charge is 2.17. The molecule has 21 heavy (non-hydrogen) atoms. The molecule has 2 rings (SSSR count). The van der Waals surface area contributed by atoms with Crippen molar-refractivity contribution >= 4 is 5.82 Å². The number of rotatable bonds is 7. The van der Waals surface area contributed by atoms with E-state index < -0.39 is 0 Å². The van der Waals surface area contributed by atoms with Gasteiger partial charge in [0, 0.05) is 38.4 Å². The third kappa shape index (κ3) is 4.68. The van der Waals surface area contributed by atoms with Crippen LogP contribution in [-0.4, -0.2) is 49.2 Å². The minimum absolute atomic E-state index is 0.950. The summed E-state index contributed by atoms with van der Waals surface area (Å²) < 4.78 is 0. The summed E-state index contributed by atoms with van der Waals surface area (Å²) in [5, 5.41) is 3.49. The Labute approximate surface area is 129 Å². The number of hydrogen-bond donors (Lipinski definition) is 1. The standard InChI is InChI=1S/C17H30N4/c1-4-7-18-14-15-12-16(5-2)19-17(13-15)21-10-8-20(6-3)9-11-21/h12-13,18H,4-11,14H2,1-3H3. The zero-order valence-electron chi connectivity index (χ0n) is 13.9. The van der Waals surface area contributed by atoms with E-state index in [0.29, 0.717) is 0 Å². The van der Waals surface area contributed by atoms with Gasteiger partial charge in [0.1, 0.15) is 5.82 Å². The fraction of sp³-hybridized carbons (Fsp3) is 0.706. The zero-order chi connectivity index (χ0) is 15.1. The largest absolute Gasteiger partial charge is 0.354 e. The molecule has 0 radical (unpaired) electrons. The van der Waals surface area contributed by atoms with E-state index >= 15 is 0 Å². The normalized spacial score (nSPS) is 16.4. The smallest absolute Gasteiger partial charge is 0.129 e. The molecule has 0 atom stereocenters. The van der Waals surface area contributed by atoms with Gasteiger partial charge in [0.25, 0.3) is 0 Å². The quantitative estimate of drug-likeness (QED) is 0.781. The molecule has 4 nitrogen and oxygen atoms in total. The Morgan fingerprint density at radius 1 is 1.10 bits per heavy atom. The van der Waals surface area contributed by atoms with Gasteiger partial charge in [-0.05, 0) is 43.6 Å². The summed E-state index contributed by atoms with van der Waals surface area (Å²) in [5.41, 5.74) is 2.57. The third-order valence-electron chi connectivity index (χ3n) is 4.19. The first-order valence-electron chi connectivity index (χ1n) is 8.44. The van der Waals surface area contributed by atoms with Crippen molar-refractivity contribution in [1.82, 2.24) is 15.2 Å². The molecule has 118 valence electrons. The van der Waals surface area contributed by atoms with E-state index in [1.165, 1.54) is 23.5 Å². The predicted molar refractivity (Wildman–Crippen MR) is 89.9 cm³/mol. The van der Waals surface area contributed by atoms with Crippen LogP contribution in [0, 0.1) is 0 Å². The van der Waals surface area contributed by atoms with Crippen LogP contribution in [0.25, 0.3) is 0 Å². The minimum Gasteiger partial charge on any atom is -0.354 e. The highest BCUT2D eigenvalue weighted by atomic mass is 15.3. The van der Waals surface area contributed by atoms with Crippen molar-refractivity contribution in [3.05, 3.63) is 23.4 Å². The first kappa shape index (κ1) is 16.2. The molecule has 0 aromatic carbocycles. The lowest BCUT2D eigenvalue weighted by molar-refractivity contribution is 0.270. The maximum atomic E-state index is 4.83. The van der Waals surface area contributed by atoms with Crippen LogP contribution in [0.4, 0.5) is 5.82 Å². The average molecular weight is 290 g/mol. The maximum absolute atomic E-state index is 4.83. The topological polar surface area (TPSA) is 31.4 Å². The van der Waals surface area contributed by atoms with E-state index in [9.17, 15) is 0 Å². The lowest BCUT2D eigenvalue weighted by Gasteiger charge is -2.35. The Morgan fingerprint density at radius 3 is 2.48 bits per heavy atom. The van der Waals surface area contributed by atoms with Gasteiger partial charge in [-0.1, -0.05) is 20.8 Å². The summed E-state index contributed by atoms with van der Waals surface area (Å²) >= 11 is 0. The van der Waals surface area contributed by atoms with Gasteiger partial charge in [0.15, 0.2) is 0 Å². The van der Waals surface area contributed by atoms with Crippen molar-refractivity contribution in [3.8, 4) is 0 Å². The van der Waals surface area contributed by atoms with Crippen LogP contribution in [0.2, 0.25) is 0 Å². The van der Waals surface area contributed by atoms with Crippen molar-refractivity contribution in [1.29, 1.82) is 0 Å². The number of hydrogen-bond acceptors (Lipinski definition) is 4. The van der Waals surface area contributed by atoms with E-state index in [2.05, 4.69) is 48.0 Å². The van der Waals surface area contributed by atoms with E-state index in [1.807, 2.05) is 0 Å². The van der Waals surface area contributed by atoms with Crippen LogP contribution in [0.5, 0.6) is 0 Å². The number of pyridine rings is 1. The SMILES string of the molecule is CCCNCc1cc(CC)nc(N2CCN(CC)CC2)c1. The lowest BCUT2D eigenvalue weighted by atomic mass is 10.1. The molecule has 1 saturated heterocycles. The molecule has 0 bridgehead atoms. The fourth-order valence-corrected chi connectivity index (χ4v) is 2.78. The number of anilines is 1. The van der Waals surface area contributed by atoms with Gasteiger partial charge in [-0.2, -0.15) is 0 Å². The second-order valence-corrected chi connectivity index (χ2v) is 5.78. The molecule has 0 aliphatic carbocycles.